The molecule has 0 aliphatic rings. The first-order chi connectivity index (χ1) is 8.06. The summed E-state index contributed by atoms with van der Waals surface area (Å²) in [5.41, 5.74) is 4.79. The maximum atomic E-state index is 11.1. The summed E-state index contributed by atoms with van der Waals surface area (Å²) in [4.78, 5) is 11.1. The summed E-state index contributed by atoms with van der Waals surface area (Å²) in [6, 6.07) is 6.40. The van der Waals surface area contributed by atoms with E-state index in [4.69, 9.17) is 10.5 Å². The molecule has 2 aromatic carbocycles. The molecule has 0 saturated carbocycles. The Bertz CT molecular complexity index is 607. The highest BCUT2D eigenvalue weighted by atomic mass is 16.5. The number of phenols is 2. The fourth-order valence-corrected chi connectivity index (χ4v) is 1.80. The molecular formula is C12H11NO4. The van der Waals surface area contributed by atoms with Crippen LogP contribution in [-0.4, -0.2) is 23.2 Å². The summed E-state index contributed by atoms with van der Waals surface area (Å²) in [7, 11) is 1.45. The lowest BCUT2D eigenvalue weighted by Gasteiger charge is -2.10. The normalized spacial score (nSPS) is 10.4. The number of ether oxygens (including phenoxy) is 1. The van der Waals surface area contributed by atoms with Crippen LogP contribution in [-0.2, 0) is 0 Å². The molecule has 0 heterocycles. The van der Waals surface area contributed by atoms with Gasteiger partial charge in [-0.1, -0.05) is 12.1 Å². The maximum absolute atomic E-state index is 11.1. The van der Waals surface area contributed by atoms with E-state index in [-0.39, 0.29) is 17.1 Å². The second kappa shape index (κ2) is 3.86. The lowest BCUT2D eigenvalue weighted by Crippen LogP contribution is -2.11. The van der Waals surface area contributed by atoms with Gasteiger partial charge in [0.25, 0.3) is 5.91 Å². The highest BCUT2D eigenvalue weighted by Gasteiger charge is 2.19. The van der Waals surface area contributed by atoms with Gasteiger partial charge in [-0.25, -0.2) is 0 Å². The largest absolute Gasteiger partial charge is 0.507 e. The van der Waals surface area contributed by atoms with Crippen LogP contribution in [0, 0.1) is 0 Å². The number of carbonyl (C=O) groups is 1. The van der Waals surface area contributed by atoms with Gasteiger partial charge >= 0.3 is 0 Å². The van der Waals surface area contributed by atoms with Gasteiger partial charge < -0.3 is 20.7 Å². The third-order valence-corrected chi connectivity index (χ3v) is 2.55. The Balaban J connectivity index is 2.93. The first-order valence-electron chi connectivity index (χ1n) is 4.87. The minimum Gasteiger partial charge on any atom is -0.507 e. The molecule has 4 N–H and O–H groups in total. The Morgan fingerprint density at radius 2 is 2.06 bits per heavy atom. The van der Waals surface area contributed by atoms with E-state index in [1.807, 2.05) is 0 Å². The first kappa shape index (κ1) is 11.1. The van der Waals surface area contributed by atoms with Crippen molar-refractivity contribution in [3.8, 4) is 17.2 Å². The van der Waals surface area contributed by atoms with Gasteiger partial charge in [0.2, 0.25) is 0 Å². The number of hydrogen-bond donors (Lipinski definition) is 3. The van der Waals surface area contributed by atoms with E-state index >= 15 is 0 Å². The predicted octanol–water partition coefficient (Wildman–Crippen LogP) is 1.36. The number of hydrogen-bond acceptors (Lipinski definition) is 4. The first-order valence-corrected chi connectivity index (χ1v) is 4.87. The van der Waals surface area contributed by atoms with Crippen LogP contribution in [0.15, 0.2) is 24.3 Å². The molecule has 0 aliphatic carbocycles. The Kier molecular flexibility index (Phi) is 2.51. The molecule has 1 amide bonds. The molecule has 5 heteroatoms. The number of primary amides is 1. The molecule has 2 aromatic rings. The molecule has 0 aliphatic heterocycles. The minimum absolute atomic E-state index is 0.304. The van der Waals surface area contributed by atoms with Crippen LogP contribution in [0.5, 0.6) is 17.2 Å². The van der Waals surface area contributed by atoms with E-state index in [1.165, 1.54) is 13.2 Å². The zero-order valence-corrected chi connectivity index (χ0v) is 9.10. The molecule has 0 radical (unpaired) electrons. The van der Waals surface area contributed by atoms with Gasteiger partial charge in [0.1, 0.15) is 22.8 Å². The van der Waals surface area contributed by atoms with Crippen LogP contribution in [0.3, 0.4) is 0 Å². The van der Waals surface area contributed by atoms with Crippen LogP contribution in [0.1, 0.15) is 10.4 Å². The van der Waals surface area contributed by atoms with Crippen molar-refractivity contribution in [1.82, 2.24) is 0 Å². The van der Waals surface area contributed by atoms with Gasteiger partial charge in [-0.2, -0.15) is 0 Å². The van der Waals surface area contributed by atoms with E-state index < -0.39 is 5.91 Å². The van der Waals surface area contributed by atoms with Gasteiger partial charge in [-0.3, -0.25) is 4.79 Å². The average molecular weight is 233 g/mol. The third kappa shape index (κ3) is 1.61. The van der Waals surface area contributed by atoms with E-state index in [1.54, 1.807) is 18.2 Å². The summed E-state index contributed by atoms with van der Waals surface area (Å²) < 4.78 is 5.09. The highest BCUT2D eigenvalue weighted by molar-refractivity contribution is 6.07. The van der Waals surface area contributed by atoms with Crippen LogP contribution in [0.25, 0.3) is 10.8 Å². The Morgan fingerprint density at radius 3 is 2.65 bits per heavy atom. The lowest BCUT2D eigenvalue weighted by molar-refractivity contribution is 0.0995. The van der Waals surface area contributed by atoms with Crippen LogP contribution in [0.4, 0.5) is 0 Å². The molecule has 88 valence electrons. The van der Waals surface area contributed by atoms with Crippen molar-refractivity contribution >= 4 is 16.7 Å². The van der Waals surface area contributed by atoms with E-state index in [0.29, 0.717) is 16.5 Å². The second-order valence-electron chi connectivity index (χ2n) is 3.54. The van der Waals surface area contributed by atoms with E-state index in [2.05, 4.69) is 0 Å². The van der Waals surface area contributed by atoms with Crippen molar-refractivity contribution < 1.29 is 19.7 Å². The molecule has 5 nitrogen and oxygen atoms in total. The van der Waals surface area contributed by atoms with Crippen LogP contribution in [0.2, 0.25) is 0 Å². The molecule has 0 unspecified atom stereocenters. The van der Waals surface area contributed by atoms with E-state index in [0.717, 1.165) is 0 Å². The smallest absolute Gasteiger partial charge is 0.256 e. The summed E-state index contributed by atoms with van der Waals surface area (Å²) >= 11 is 0. The summed E-state index contributed by atoms with van der Waals surface area (Å²) in [5.74, 6) is -1.21. The van der Waals surface area contributed by atoms with Crippen molar-refractivity contribution in [2.45, 2.75) is 0 Å². The van der Waals surface area contributed by atoms with Gasteiger partial charge in [0, 0.05) is 0 Å². The molecule has 0 bridgehead atoms. The lowest BCUT2D eigenvalue weighted by atomic mass is 10.0. The summed E-state index contributed by atoms with van der Waals surface area (Å²) in [6.07, 6.45) is 0. The number of amides is 1. The average Bonchev–Trinajstić information content (AvgIpc) is 2.27. The standard InChI is InChI=1S/C12H11NO4/c1-17-8-4-2-3-6-5-7(14)10(12(13)16)11(15)9(6)8/h2-5,14-15H,1H3,(H2,13,16). The Hall–Kier alpha value is -2.43. The zero-order valence-electron chi connectivity index (χ0n) is 9.10. The van der Waals surface area contributed by atoms with Crippen molar-refractivity contribution in [2.24, 2.45) is 5.73 Å². The molecule has 0 saturated heterocycles. The number of carbonyl (C=O) groups excluding carboxylic acids is 1. The molecule has 17 heavy (non-hydrogen) atoms. The molecule has 0 fully saturated rings. The quantitative estimate of drug-likeness (QED) is 0.730. The van der Waals surface area contributed by atoms with Gasteiger partial charge in [-0.15, -0.1) is 0 Å². The molecular weight excluding hydrogens is 222 g/mol. The Morgan fingerprint density at radius 1 is 1.35 bits per heavy atom. The number of aromatic hydroxyl groups is 2. The van der Waals surface area contributed by atoms with Crippen molar-refractivity contribution in [2.75, 3.05) is 7.11 Å². The number of rotatable bonds is 2. The summed E-state index contributed by atoms with van der Waals surface area (Å²) in [5, 5.41) is 20.5. The topological polar surface area (TPSA) is 92.8 Å². The zero-order chi connectivity index (χ0) is 12.6. The fourth-order valence-electron chi connectivity index (χ4n) is 1.80. The number of fused-ring (bicyclic) bond motifs is 1. The molecule has 0 spiro atoms. The van der Waals surface area contributed by atoms with Crippen molar-refractivity contribution in [3.63, 3.8) is 0 Å². The summed E-state index contributed by atoms with van der Waals surface area (Å²) in [6.45, 7) is 0. The predicted molar refractivity (Wildman–Crippen MR) is 62.3 cm³/mol. The minimum atomic E-state index is -0.896. The molecule has 0 atom stereocenters. The number of methoxy groups -OCH3 is 1. The van der Waals surface area contributed by atoms with Gasteiger partial charge in [0.15, 0.2) is 0 Å². The molecule has 0 aromatic heterocycles. The van der Waals surface area contributed by atoms with E-state index in [9.17, 15) is 15.0 Å². The number of nitrogens with two attached hydrogens (primary N) is 1. The van der Waals surface area contributed by atoms with Crippen LogP contribution >= 0.6 is 0 Å². The Labute approximate surface area is 97.0 Å². The van der Waals surface area contributed by atoms with Crippen LogP contribution < -0.4 is 10.5 Å². The fraction of sp³-hybridized carbons (Fsp3) is 0.0833. The SMILES string of the molecule is COc1cccc2cc(O)c(C(N)=O)c(O)c12. The monoisotopic (exact) mass is 233 g/mol. The second-order valence-corrected chi connectivity index (χ2v) is 3.54. The van der Waals surface area contributed by atoms with Gasteiger partial charge in [0.05, 0.1) is 12.5 Å². The third-order valence-electron chi connectivity index (χ3n) is 2.55. The highest BCUT2D eigenvalue weighted by Crippen LogP contribution is 2.39. The molecule has 2 rings (SSSR count). The van der Waals surface area contributed by atoms with Crippen molar-refractivity contribution in [1.29, 1.82) is 0 Å². The van der Waals surface area contributed by atoms with Crippen molar-refractivity contribution in [3.05, 3.63) is 29.8 Å². The van der Waals surface area contributed by atoms with Gasteiger partial charge in [-0.05, 0) is 17.5 Å². The number of benzene rings is 2. The maximum Gasteiger partial charge on any atom is 0.256 e.